The zero-order chi connectivity index (χ0) is 20.2. The molecule has 2 aromatic heterocycles. The average molecular weight is 410 g/mol. The van der Waals surface area contributed by atoms with E-state index in [0.29, 0.717) is 22.3 Å². The van der Waals surface area contributed by atoms with E-state index in [-0.39, 0.29) is 5.91 Å². The molecule has 0 atom stereocenters. The summed E-state index contributed by atoms with van der Waals surface area (Å²) in [5.41, 5.74) is 2.85. The summed E-state index contributed by atoms with van der Waals surface area (Å²) in [6.45, 7) is 0. The van der Waals surface area contributed by atoms with Gasteiger partial charge in [0.15, 0.2) is 5.82 Å². The Balaban J connectivity index is 1.46. The predicted octanol–water partition coefficient (Wildman–Crippen LogP) is 5.44. The molecule has 29 heavy (non-hydrogen) atoms. The van der Waals surface area contributed by atoms with E-state index in [2.05, 4.69) is 20.3 Å². The van der Waals surface area contributed by atoms with Crippen LogP contribution in [-0.4, -0.2) is 20.9 Å². The van der Waals surface area contributed by atoms with Gasteiger partial charge in [0.05, 0.1) is 16.1 Å². The first kappa shape index (κ1) is 19.1. The van der Waals surface area contributed by atoms with Crippen LogP contribution in [0.25, 0.3) is 11.0 Å². The molecule has 2 aromatic carbocycles. The molecule has 4 rings (SSSR count). The van der Waals surface area contributed by atoms with Gasteiger partial charge in [0.25, 0.3) is 12.3 Å². The van der Waals surface area contributed by atoms with E-state index in [4.69, 9.17) is 0 Å². The first-order chi connectivity index (χ1) is 14.1. The summed E-state index contributed by atoms with van der Waals surface area (Å²) in [5, 5.41) is 3.77. The van der Waals surface area contributed by atoms with Crippen LogP contribution in [-0.2, 0) is 5.75 Å². The van der Waals surface area contributed by atoms with Gasteiger partial charge >= 0.3 is 0 Å². The van der Waals surface area contributed by atoms with Gasteiger partial charge in [-0.05, 0) is 48.0 Å². The molecule has 0 unspecified atom stereocenters. The number of hydrogen-bond donors (Lipinski definition) is 2. The van der Waals surface area contributed by atoms with E-state index >= 15 is 0 Å². The Morgan fingerprint density at radius 1 is 1.10 bits per heavy atom. The van der Waals surface area contributed by atoms with Crippen LogP contribution in [0.5, 0.6) is 0 Å². The fraction of sp³-hybridized carbons (Fsp3) is 0.0952. The number of nitrogens with zero attached hydrogens (tertiary/aromatic N) is 2. The number of amides is 1. The number of aromatic amines is 1. The highest BCUT2D eigenvalue weighted by Gasteiger charge is 2.14. The molecule has 8 heteroatoms. The number of carbonyl (C=O) groups is 1. The monoisotopic (exact) mass is 410 g/mol. The third kappa shape index (κ3) is 4.60. The summed E-state index contributed by atoms with van der Waals surface area (Å²) in [4.78, 5) is 23.2. The number of alkyl halides is 2. The van der Waals surface area contributed by atoms with Crippen molar-refractivity contribution in [2.24, 2.45) is 0 Å². The molecule has 0 bridgehead atoms. The Kier molecular flexibility index (Phi) is 5.53. The maximum absolute atomic E-state index is 12.8. The molecule has 2 heterocycles. The van der Waals surface area contributed by atoms with E-state index < -0.39 is 12.2 Å². The third-order valence-corrected chi connectivity index (χ3v) is 5.19. The number of hydrogen-bond acceptors (Lipinski definition) is 4. The maximum atomic E-state index is 12.8. The summed E-state index contributed by atoms with van der Waals surface area (Å²) >= 11 is 1.61. The Morgan fingerprint density at radius 2 is 2.00 bits per heavy atom. The summed E-state index contributed by atoms with van der Waals surface area (Å²) in [5.74, 6) is -0.0117. The Labute approximate surface area is 169 Å². The second-order valence-corrected chi connectivity index (χ2v) is 7.26. The van der Waals surface area contributed by atoms with Crippen molar-refractivity contribution in [3.05, 3.63) is 83.8 Å². The minimum Gasteiger partial charge on any atom is -0.337 e. The lowest BCUT2D eigenvalue weighted by molar-refractivity contribution is 0.102. The molecular formula is C21H16F2N4OS. The Hall–Kier alpha value is -3.26. The number of imidazole rings is 1. The molecule has 1 amide bonds. The van der Waals surface area contributed by atoms with Gasteiger partial charge in [-0.1, -0.05) is 18.2 Å². The molecule has 0 aliphatic heterocycles. The second kappa shape index (κ2) is 8.40. The highest BCUT2D eigenvalue weighted by molar-refractivity contribution is 7.98. The topological polar surface area (TPSA) is 70.7 Å². The molecule has 2 N–H and O–H groups in total. The van der Waals surface area contributed by atoms with Crippen LogP contribution in [0.1, 0.15) is 28.2 Å². The van der Waals surface area contributed by atoms with Crippen molar-refractivity contribution in [2.45, 2.75) is 17.2 Å². The third-order valence-electron chi connectivity index (χ3n) is 4.18. The first-order valence-corrected chi connectivity index (χ1v) is 9.79. The number of pyridine rings is 1. The van der Waals surface area contributed by atoms with Crippen LogP contribution in [0.2, 0.25) is 0 Å². The number of carbonyl (C=O) groups excluding carboxylic acids is 1. The number of nitrogens with one attached hydrogen (secondary N) is 2. The van der Waals surface area contributed by atoms with Crippen molar-refractivity contribution in [2.75, 3.05) is 5.32 Å². The lowest BCUT2D eigenvalue weighted by Gasteiger charge is -2.08. The van der Waals surface area contributed by atoms with Crippen LogP contribution in [0.3, 0.4) is 0 Å². The van der Waals surface area contributed by atoms with E-state index in [1.807, 2.05) is 36.4 Å². The zero-order valence-electron chi connectivity index (χ0n) is 15.1. The molecule has 0 aliphatic carbocycles. The quantitative estimate of drug-likeness (QED) is 0.415. The Bertz CT molecular complexity index is 1150. The van der Waals surface area contributed by atoms with Gasteiger partial charge in [-0.15, -0.1) is 11.8 Å². The first-order valence-electron chi connectivity index (χ1n) is 8.80. The number of benzene rings is 2. The van der Waals surface area contributed by atoms with Gasteiger partial charge in [-0.3, -0.25) is 4.79 Å². The minimum absolute atomic E-state index is 0.324. The van der Waals surface area contributed by atoms with Crippen molar-refractivity contribution in [1.29, 1.82) is 0 Å². The van der Waals surface area contributed by atoms with Gasteiger partial charge in [-0.2, -0.15) is 0 Å². The molecule has 0 radical (unpaired) electrons. The van der Waals surface area contributed by atoms with Gasteiger partial charge < -0.3 is 10.3 Å². The molecule has 146 valence electrons. The number of aromatic nitrogens is 3. The van der Waals surface area contributed by atoms with Crippen molar-refractivity contribution >= 4 is 34.4 Å². The summed E-state index contributed by atoms with van der Waals surface area (Å²) < 4.78 is 25.6. The molecular weight excluding hydrogens is 394 g/mol. The lowest BCUT2D eigenvalue weighted by Crippen LogP contribution is -2.11. The number of H-pyrrole nitrogens is 1. The van der Waals surface area contributed by atoms with Crippen LogP contribution in [0.15, 0.2) is 71.9 Å². The standard InChI is InChI=1S/C21H16F2N4OS/c22-19(23)20-26-16-8-7-14(11-17(16)27-20)21(28)25-15-5-3-4-13(10-15)12-29-18-6-1-2-9-24-18/h1-11,19H,12H2,(H,25,28)(H,26,27). The molecule has 0 spiro atoms. The fourth-order valence-corrected chi connectivity index (χ4v) is 3.61. The maximum Gasteiger partial charge on any atom is 0.295 e. The van der Waals surface area contributed by atoms with Crippen molar-refractivity contribution in [1.82, 2.24) is 15.0 Å². The minimum atomic E-state index is -2.69. The average Bonchev–Trinajstić information content (AvgIpc) is 3.17. The largest absolute Gasteiger partial charge is 0.337 e. The van der Waals surface area contributed by atoms with Gasteiger partial charge in [-0.25, -0.2) is 18.7 Å². The van der Waals surface area contributed by atoms with E-state index in [9.17, 15) is 13.6 Å². The normalized spacial score (nSPS) is 11.1. The Morgan fingerprint density at radius 3 is 2.79 bits per heavy atom. The summed E-state index contributed by atoms with van der Waals surface area (Å²) in [6.07, 6.45) is -0.939. The highest BCUT2D eigenvalue weighted by atomic mass is 32.2. The number of halogens is 2. The van der Waals surface area contributed by atoms with Crippen LogP contribution < -0.4 is 5.32 Å². The van der Waals surface area contributed by atoms with Gasteiger partial charge in [0, 0.05) is 23.2 Å². The SMILES string of the molecule is O=C(Nc1cccc(CSc2ccccn2)c1)c1ccc2nc(C(F)F)[nH]c2c1. The molecule has 4 aromatic rings. The molecule has 0 saturated carbocycles. The second-order valence-electron chi connectivity index (χ2n) is 6.27. The van der Waals surface area contributed by atoms with Crippen LogP contribution >= 0.6 is 11.8 Å². The van der Waals surface area contributed by atoms with Crippen LogP contribution in [0.4, 0.5) is 14.5 Å². The van der Waals surface area contributed by atoms with Crippen molar-refractivity contribution < 1.29 is 13.6 Å². The molecule has 0 fully saturated rings. The number of anilines is 1. The fourth-order valence-electron chi connectivity index (χ4n) is 2.81. The van der Waals surface area contributed by atoms with E-state index in [1.54, 1.807) is 36.2 Å². The molecule has 5 nitrogen and oxygen atoms in total. The van der Waals surface area contributed by atoms with E-state index in [1.165, 1.54) is 6.07 Å². The number of fused-ring (bicyclic) bond motifs is 1. The van der Waals surface area contributed by atoms with Crippen molar-refractivity contribution in [3.63, 3.8) is 0 Å². The smallest absolute Gasteiger partial charge is 0.295 e. The molecule has 0 saturated heterocycles. The van der Waals surface area contributed by atoms with Gasteiger partial charge in [0.2, 0.25) is 0 Å². The molecule has 0 aliphatic rings. The number of thioether (sulfide) groups is 1. The number of rotatable bonds is 6. The van der Waals surface area contributed by atoms with E-state index in [0.717, 1.165) is 16.3 Å². The highest BCUT2D eigenvalue weighted by Crippen LogP contribution is 2.23. The predicted molar refractivity (Wildman–Crippen MR) is 109 cm³/mol. The zero-order valence-corrected chi connectivity index (χ0v) is 15.9. The van der Waals surface area contributed by atoms with Crippen LogP contribution in [0, 0.1) is 0 Å². The summed E-state index contributed by atoms with van der Waals surface area (Å²) in [7, 11) is 0. The van der Waals surface area contributed by atoms with Crippen molar-refractivity contribution in [3.8, 4) is 0 Å². The lowest BCUT2D eigenvalue weighted by atomic mass is 10.1. The summed E-state index contributed by atoms with van der Waals surface area (Å²) in [6, 6.07) is 17.9. The van der Waals surface area contributed by atoms with Gasteiger partial charge in [0.1, 0.15) is 0 Å².